The van der Waals surface area contributed by atoms with E-state index in [4.69, 9.17) is 23.2 Å². The highest BCUT2D eigenvalue weighted by Gasteiger charge is 2.23. The Kier molecular flexibility index (Phi) is 7.42. The molecular weight excluding hydrogens is 327 g/mol. The molecule has 0 spiro atoms. The second-order valence-corrected chi connectivity index (χ2v) is 6.21. The van der Waals surface area contributed by atoms with Gasteiger partial charge in [-0.15, -0.1) is 0 Å². The van der Waals surface area contributed by atoms with E-state index in [1.54, 1.807) is 39.0 Å². The molecule has 5 nitrogen and oxygen atoms in total. The minimum absolute atomic E-state index is 0.129. The molecule has 2 amide bonds. The largest absolute Gasteiger partial charge is 0.394 e. The lowest BCUT2D eigenvalue weighted by Crippen LogP contribution is -2.49. The number of benzene rings is 1. The highest BCUT2D eigenvalue weighted by molar-refractivity contribution is 6.33. The molecule has 7 heteroatoms. The Morgan fingerprint density at radius 3 is 2.50 bits per heavy atom. The Labute approximate surface area is 140 Å². The number of aliphatic hydroxyl groups is 2. The van der Waals surface area contributed by atoms with Crippen LogP contribution in [0.4, 0.5) is 4.79 Å². The highest BCUT2D eigenvalue weighted by Crippen LogP contribution is 2.26. The zero-order valence-corrected chi connectivity index (χ0v) is 14.4. The average Bonchev–Trinajstić information content (AvgIpc) is 2.45. The topological polar surface area (TPSA) is 72.8 Å². The van der Waals surface area contributed by atoms with Crippen LogP contribution in [0.1, 0.15) is 32.4 Å². The summed E-state index contributed by atoms with van der Waals surface area (Å²) < 4.78 is 0. The summed E-state index contributed by atoms with van der Waals surface area (Å²) in [6.45, 7) is 5.02. The molecule has 0 aliphatic heterocycles. The van der Waals surface area contributed by atoms with Crippen LogP contribution in [0.15, 0.2) is 18.2 Å². The van der Waals surface area contributed by atoms with Crippen molar-refractivity contribution in [3.63, 3.8) is 0 Å². The summed E-state index contributed by atoms with van der Waals surface area (Å²) in [5, 5.41) is 22.6. The number of aliphatic hydroxyl groups excluding tert-OH is 2. The number of rotatable bonds is 6. The smallest absolute Gasteiger partial charge is 0.318 e. The molecule has 3 atom stereocenters. The third kappa shape index (κ3) is 5.32. The maximum Gasteiger partial charge on any atom is 0.318 e. The van der Waals surface area contributed by atoms with Crippen LogP contribution in [0.25, 0.3) is 0 Å². The van der Waals surface area contributed by atoms with Crippen molar-refractivity contribution in [3.8, 4) is 0 Å². The van der Waals surface area contributed by atoms with Crippen molar-refractivity contribution in [2.24, 2.45) is 0 Å². The number of carbonyl (C=O) groups excluding carboxylic acids is 1. The van der Waals surface area contributed by atoms with E-state index in [0.29, 0.717) is 15.6 Å². The zero-order valence-electron chi connectivity index (χ0n) is 12.9. The van der Waals surface area contributed by atoms with Gasteiger partial charge in [-0.3, -0.25) is 0 Å². The molecule has 1 aromatic carbocycles. The third-order valence-corrected chi connectivity index (χ3v) is 3.86. The molecule has 1 aromatic rings. The SMILES string of the molecule is C[C@H](O)CN(C(=O)N[C@H](C)c1cc(Cl)ccc1Cl)[C@@H](C)CO. The van der Waals surface area contributed by atoms with E-state index in [1.165, 1.54) is 4.90 Å². The Bertz CT molecular complexity index is 512. The first-order chi connectivity index (χ1) is 10.3. The second-order valence-electron chi connectivity index (χ2n) is 5.37. The Hall–Kier alpha value is -1.01. The molecule has 0 aliphatic rings. The van der Waals surface area contributed by atoms with Gasteiger partial charge in [-0.05, 0) is 44.5 Å². The fourth-order valence-electron chi connectivity index (χ4n) is 2.04. The predicted molar refractivity (Wildman–Crippen MR) is 88.3 cm³/mol. The monoisotopic (exact) mass is 348 g/mol. The van der Waals surface area contributed by atoms with Gasteiger partial charge in [-0.25, -0.2) is 4.79 Å². The van der Waals surface area contributed by atoms with E-state index in [0.717, 1.165) is 0 Å². The van der Waals surface area contributed by atoms with Crippen LogP contribution in [0, 0.1) is 0 Å². The molecule has 124 valence electrons. The molecule has 22 heavy (non-hydrogen) atoms. The zero-order chi connectivity index (χ0) is 16.9. The van der Waals surface area contributed by atoms with E-state index < -0.39 is 12.1 Å². The van der Waals surface area contributed by atoms with Gasteiger partial charge in [0.1, 0.15) is 0 Å². The average molecular weight is 349 g/mol. The number of halogens is 2. The van der Waals surface area contributed by atoms with E-state index in [9.17, 15) is 15.0 Å². The molecule has 3 N–H and O–H groups in total. The summed E-state index contributed by atoms with van der Waals surface area (Å²) in [6.07, 6.45) is -0.690. The molecule has 0 aromatic heterocycles. The normalized spacial score (nSPS) is 15.0. The van der Waals surface area contributed by atoms with Crippen molar-refractivity contribution >= 4 is 29.2 Å². The van der Waals surface area contributed by atoms with Crippen molar-refractivity contribution in [1.29, 1.82) is 0 Å². The predicted octanol–water partition coefficient (Wildman–Crippen LogP) is 2.83. The quantitative estimate of drug-likeness (QED) is 0.739. The Morgan fingerprint density at radius 2 is 1.95 bits per heavy atom. The van der Waals surface area contributed by atoms with Gasteiger partial charge in [0.05, 0.1) is 24.8 Å². The molecule has 0 bridgehead atoms. The van der Waals surface area contributed by atoms with Crippen molar-refractivity contribution in [2.45, 2.75) is 39.0 Å². The van der Waals surface area contributed by atoms with Crippen molar-refractivity contribution < 1.29 is 15.0 Å². The molecule has 0 saturated heterocycles. The van der Waals surface area contributed by atoms with E-state index in [-0.39, 0.29) is 25.2 Å². The highest BCUT2D eigenvalue weighted by atomic mass is 35.5. The molecular formula is C15H22Cl2N2O3. The fourth-order valence-corrected chi connectivity index (χ4v) is 2.50. The van der Waals surface area contributed by atoms with Gasteiger partial charge in [-0.2, -0.15) is 0 Å². The van der Waals surface area contributed by atoms with E-state index in [2.05, 4.69) is 5.32 Å². The summed E-state index contributed by atoms with van der Waals surface area (Å²) in [6, 6.07) is 3.90. The lowest BCUT2D eigenvalue weighted by atomic mass is 10.1. The molecule has 0 radical (unpaired) electrons. The number of nitrogens with zero attached hydrogens (tertiary/aromatic N) is 1. The standard InChI is InChI=1S/C15H22Cl2N2O3/c1-9(8-20)19(7-10(2)21)15(22)18-11(3)13-6-12(16)4-5-14(13)17/h4-6,9-11,20-21H,7-8H2,1-3H3,(H,18,22)/t9-,10-,11+/m0/s1. The van der Waals surface area contributed by atoms with Crippen LogP contribution >= 0.6 is 23.2 Å². The van der Waals surface area contributed by atoms with Crippen molar-refractivity contribution in [1.82, 2.24) is 10.2 Å². The van der Waals surface area contributed by atoms with Crippen molar-refractivity contribution in [3.05, 3.63) is 33.8 Å². The number of hydrogen-bond acceptors (Lipinski definition) is 3. The second kappa shape index (κ2) is 8.58. The molecule has 1 rings (SSSR count). The number of urea groups is 1. The minimum Gasteiger partial charge on any atom is -0.394 e. The maximum absolute atomic E-state index is 12.4. The van der Waals surface area contributed by atoms with E-state index >= 15 is 0 Å². The molecule has 0 saturated carbocycles. The lowest BCUT2D eigenvalue weighted by molar-refractivity contribution is 0.0926. The first-order valence-electron chi connectivity index (χ1n) is 7.07. The van der Waals surface area contributed by atoms with Gasteiger partial charge in [0.25, 0.3) is 0 Å². The third-order valence-electron chi connectivity index (χ3n) is 3.28. The van der Waals surface area contributed by atoms with Gasteiger partial charge >= 0.3 is 6.03 Å². The number of nitrogens with one attached hydrogen (secondary N) is 1. The van der Waals surface area contributed by atoms with Crippen LogP contribution in [-0.2, 0) is 0 Å². The lowest BCUT2D eigenvalue weighted by Gasteiger charge is -2.30. The summed E-state index contributed by atoms with van der Waals surface area (Å²) >= 11 is 12.1. The fraction of sp³-hybridized carbons (Fsp3) is 0.533. The van der Waals surface area contributed by atoms with Crippen LogP contribution in [0.5, 0.6) is 0 Å². The molecule has 0 heterocycles. The summed E-state index contributed by atoms with van der Waals surface area (Å²) in [5.41, 5.74) is 0.705. The molecule has 0 aliphatic carbocycles. The molecule has 0 unspecified atom stereocenters. The van der Waals surface area contributed by atoms with Crippen LogP contribution in [-0.4, -0.2) is 46.4 Å². The number of amides is 2. The van der Waals surface area contributed by atoms with Crippen LogP contribution < -0.4 is 5.32 Å². The Balaban J connectivity index is 2.85. The van der Waals surface area contributed by atoms with Gasteiger partial charge in [0.2, 0.25) is 0 Å². The van der Waals surface area contributed by atoms with Crippen LogP contribution in [0.3, 0.4) is 0 Å². The van der Waals surface area contributed by atoms with E-state index in [1.807, 2.05) is 0 Å². The number of carbonyl (C=O) groups is 1. The first kappa shape index (κ1) is 19.0. The summed E-state index contributed by atoms with van der Waals surface area (Å²) in [5.74, 6) is 0. The minimum atomic E-state index is -0.690. The van der Waals surface area contributed by atoms with Gasteiger partial charge in [-0.1, -0.05) is 23.2 Å². The van der Waals surface area contributed by atoms with Crippen LogP contribution in [0.2, 0.25) is 10.0 Å². The molecule has 0 fully saturated rings. The summed E-state index contributed by atoms with van der Waals surface area (Å²) in [4.78, 5) is 13.8. The first-order valence-corrected chi connectivity index (χ1v) is 7.82. The maximum atomic E-state index is 12.4. The number of hydrogen-bond donors (Lipinski definition) is 3. The van der Waals surface area contributed by atoms with Crippen molar-refractivity contribution in [2.75, 3.05) is 13.2 Å². The van der Waals surface area contributed by atoms with Gasteiger partial charge in [0, 0.05) is 16.6 Å². The Morgan fingerprint density at radius 1 is 1.32 bits per heavy atom. The summed E-state index contributed by atoms with van der Waals surface area (Å²) in [7, 11) is 0. The van der Waals surface area contributed by atoms with Gasteiger partial charge in [0.15, 0.2) is 0 Å². The van der Waals surface area contributed by atoms with Gasteiger partial charge < -0.3 is 20.4 Å².